The Morgan fingerprint density at radius 2 is 1.80 bits per heavy atom. The molecule has 0 N–H and O–H groups in total. The minimum Gasteiger partial charge on any atom is -0.453 e. The van der Waals surface area contributed by atoms with Crippen LogP contribution in [0.4, 0.5) is 0 Å². The lowest BCUT2D eigenvalue weighted by Gasteiger charge is -1.97. The van der Waals surface area contributed by atoms with Gasteiger partial charge in [0.1, 0.15) is 11.9 Å². The molecule has 0 aliphatic rings. The van der Waals surface area contributed by atoms with Crippen LogP contribution in [0.5, 0.6) is 0 Å². The molecular formula is C16H9BrO3. The number of ketones is 1. The second-order valence-corrected chi connectivity index (χ2v) is 5.28. The molecule has 4 heteroatoms. The highest BCUT2D eigenvalue weighted by Crippen LogP contribution is 2.23. The second kappa shape index (κ2) is 5.06. The third-order valence-electron chi connectivity index (χ3n) is 3.01. The summed E-state index contributed by atoms with van der Waals surface area (Å²) in [6.45, 7) is 0. The maximum Gasteiger partial charge on any atom is 0.228 e. The number of benzene rings is 2. The van der Waals surface area contributed by atoms with Crippen molar-refractivity contribution in [1.82, 2.24) is 0 Å². The molecule has 0 saturated carbocycles. The standard InChI is InChI=1S/C16H9BrO3/c17-13-4-2-11(3-5-13)16(19)15-8-12-7-10(9-18)1-6-14(12)20-15/h1-9H. The molecule has 1 heterocycles. The van der Waals surface area contributed by atoms with E-state index >= 15 is 0 Å². The Balaban J connectivity index is 2.03. The molecular weight excluding hydrogens is 320 g/mol. The topological polar surface area (TPSA) is 47.3 Å². The van der Waals surface area contributed by atoms with Crippen LogP contribution in [-0.4, -0.2) is 12.1 Å². The van der Waals surface area contributed by atoms with E-state index in [1.54, 1.807) is 48.5 Å². The van der Waals surface area contributed by atoms with E-state index in [0.29, 0.717) is 16.7 Å². The maximum atomic E-state index is 12.3. The molecule has 0 unspecified atom stereocenters. The first-order chi connectivity index (χ1) is 9.67. The van der Waals surface area contributed by atoms with Gasteiger partial charge in [-0.05, 0) is 48.5 Å². The lowest BCUT2D eigenvalue weighted by atomic mass is 10.1. The van der Waals surface area contributed by atoms with Crippen LogP contribution in [0.2, 0.25) is 0 Å². The number of carbonyl (C=O) groups excluding carboxylic acids is 2. The van der Waals surface area contributed by atoms with Gasteiger partial charge in [0.05, 0.1) is 0 Å². The molecule has 3 rings (SSSR count). The van der Waals surface area contributed by atoms with Gasteiger partial charge in [0.15, 0.2) is 5.76 Å². The Kier molecular flexibility index (Phi) is 3.24. The highest BCUT2D eigenvalue weighted by Gasteiger charge is 2.14. The summed E-state index contributed by atoms with van der Waals surface area (Å²) in [6, 6.07) is 13.8. The van der Waals surface area contributed by atoms with Crippen molar-refractivity contribution in [3.63, 3.8) is 0 Å². The van der Waals surface area contributed by atoms with Gasteiger partial charge in [-0.15, -0.1) is 0 Å². The number of carbonyl (C=O) groups is 2. The van der Waals surface area contributed by atoms with Crippen molar-refractivity contribution in [2.45, 2.75) is 0 Å². The van der Waals surface area contributed by atoms with E-state index in [1.165, 1.54) is 0 Å². The third kappa shape index (κ3) is 2.30. The highest BCUT2D eigenvalue weighted by molar-refractivity contribution is 9.10. The predicted molar refractivity (Wildman–Crippen MR) is 79.2 cm³/mol. The van der Waals surface area contributed by atoms with Crippen LogP contribution in [0.15, 0.2) is 57.4 Å². The number of furan rings is 1. The minimum atomic E-state index is -0.179. The number of halogens is 1. The van der Waals surface area contributed by atoms with Gasteiger partial charge in [0.25, 0.3) is 0 Å². The quantitative estimate of drug-likeness (QED) is 0.533. The average molecular weight is 329 g/mol. The minimum absolute atomic E-state index is 0.179. The summed E-state index contributed by atoms with van der Waals surface area (Å²) in [7, 11) is 0. The zero-order valence-electron chi connectivity index (χ0n) is 10.3. The molecule has 2 aromatic carbocycles. The fraction of sp³-hybridized carbons (Fsp3) is 0. The average Bonchev–Trinajstić information content (AvgIpc) is 2.90. The van der Waals surface area contributed by atoms with Crippen molar-refractivity contribution in [2.24, 2.45) is 0 Å². The first kappa shape index (κ1) is 12.8. The van der Waals surface area contributed by atoms with Gasteiger partial charge in [0.2, 0.25) is 5.78 Å². The van der Waals surface area contributed by atoms with Crippen LogP contribution >= 0.6 is 15.9 Å². The van der Waals surface area contributed by atoms with E-state index in [-0.39, 0.29) is 11.5 Å². The maximum absolute atomic E-state index is 12.3. The molecule has 0 bridgehead atoms. The van der Waals surface area contributed by atoms with E-state index in [1.807, 2.05) is 0 Å². The molecule has 20 heavy (non-hydrogen) atoms. The molecule has 98 valence electrons. The molecule has 3 aromatic rings. The molecule has 0 radical (unpaired) electrons. The molecule has 3 nitrogen and oxygen atoms in total. The van der Waals surface area contributed by atoms with Crippen molar-refractivity contribution < 1.29 is 14.0 Å². The lowest BCUT2D eigenvalue weighted by molar-refractivity contribution is 0.101. The Morgan fingerprint density at radius 3 is 2.50 bits per heavy atom. The number of hydrogen-bond donors (Lipinski definition) is 0. The predicted octanol–water partition coefficient (Wildman–Crippen LogP) is 4.24. The van der Waals surface area contributed by atoms with Crippen molar-refractivity contribution >= 4 is 39.0 Å². The van der Waals surface area contributed by atoms with Gasteiger partial charge >= 0.3 is 0 Å². The Hall–Kier alpha value is -2.20. The first-order valence-corrected chi connectivity index (χ1v) is 6.76. The molecule has 0 spiro atoms. The summed E-state index contributed by atoms with van der Waals surface area (Å²) in [6.07, 6.45) is 0.767. The van der Waals surface area contributed by atoms with Gasteiger partial charge in [0, 0.05) is 21.0 Å². The zero-order chi connectivity index (χ0) is 14.1. The van der Waals surface area contributed by atoms with Gasteiger partial charge in [-0.2, -0.15) is 0 Å². The van der Waals surface area contributed by atoms with E-state index in [0.717, 1.165) is 16.1 Å². The van der Waals surface area contributed by atoms with Crippen molar-refractivity contribution in [3.05, 3.63) is 69.9 Å². The summed E-state index contributed by atoms with van der Waals surface area (Å²) in [5.74, 6) is 0.0896. The Labute approximate surface area is 123 Å². The molecule has 0 fully saturated rings. The van der Waals surface area contributed by atoms with E-state index < -0.39 is 0 Å². The fourth-order valence-electron chi connectivity index (χ4n) is 1.99. The number of fused-ring (bicyclic) bond motifs is 1. The van der Waals surface area contributed by atoms with Crippen molar-refractivity contribution in [2.75, 3.05) is 0 Å². The van der Waals surface area contributed by atoms with E-state index in [9.17, 15) is 9.59 Å². The van der Waals surface area contributed by atoms with Gasteiger partial charge in [-0.1, -0.05) is 15.9 Å². The molecule has 0 amide bonds. The SMILES string of the molecule is O=Cc1ccc2oc(C(=O)c3ccc(Br)cc3)cc2c1. The van der Waals surface area contributed by atoms with Crippen LogP contribution in [0.3, 0.4) is 0 Å². The lowest BCUT2D eigenvalue weighted by Crippen LogP contribution is -1.98. The Morgan fingerprint density at radius 1 is 1.05 bits per heavy atom. The highest BCUT2D eigenvalue weighted by atomic mass is 79.9. The second-order valence-electron chi connectivity index (χ2n) is 4.36. The summed E-state index contributed by atoms with van der Waals surface area (Å²) in [4.78, 5) is 23.0. The van der Waals surface area contributed by atoms with Gasteiger partial charge < -0.3 is 4.42 Å². The third-order valence-corrected chi connectivity index (χ3v) is 3.54. The fourth-order valence-corrected chi connectivity index (χ4v) is 2.25. The number of rotatable bonds is 3. The summed E-state index contributed by atoms with van der Waals surface area (Å²) >= 11 is 3.33. The van der Waals surface area contributed by atoms with Crippen LogP contribution < -0.4 is 0 Å². The van der Waals surface area contributed by atoms with E-state index in [4.69, 9.17) is 4.42 Å². The molecule has 0 aliphatic carbocycles. The first-order valence-electron chi connectivity index (χ1n) is 5.96. The normalized spacial score (nSPS) is 10.7. The van der Waals surface area contributed by atoms with Crippen LogP contribution in [0.1, 0.15) is 26.5 Å². The monoisotopic (exact) mass is 328 g/mol. The van der Waals surface area contributed by atoms with Crippen molar-refractivity contribution in [1.29, 1.82) is 0 Å². The van der Waals surface area contributed by atoms with Crippen LogP contribution in [0.25, 0.3) is 11.0 Å². The number of hydrogen-bond acceptors (Lipinski definition) is 3. The summed E-state index contributed by atoms with van der Waals surface area (Å²) in [5.41, 5.74) is 1.71. The zero-order valence-corrected chi connectivity index (χ0v) is 11.9. The molecule has 0 aliphatic heterocycles. The molecule has 0 saturated heterocycles. The van der Waals surface area contributed by atoms with Gasteiger partial charge in [-0.3, -0.25) is 9.59 Å². The molecule has 1 aromatic heterocycles. The van der Waals surface area contributed by atoms with Crippen molar-refractivity contribution in [3.8, 4) is 0 Å². The summed E-state index contributed by atoms with van der Waals surface area (Å²) in [5, 5.41) is 0.745. The largest absolute Gasteiger partial charge is 0.453 e. The van der Waals surface area contributed by atoms with Crippen LogP contribution in [-0.2, 0) is 0 Å². The smallest absolute Gasteiger partial charge is 0.228 e. The number of aldehydes is 1. The Bertz CT molecular complexity index is 800. The van der Waals surface area contributed by atoms with Crippen LogP contribution in [0, 0.1) is 0 Å². The molecule has 0 atom stereocenters. The van der Waals surface area contributed by atoms with E-state index in [2.05, 4.69) is 15.9 Å². The summed E-state index contributed by atoms with van der Waals surface area (Å²) < 4.78 is 6.45. The van der Waals surface area contributed by atoms with Gasteiger partial charge in [-0.25, -0.2) is 0 Å².